The van der Waals surface area contributed by atoms with Gasteiger partial charge >= 0.3 is 0 Å². The molecule has 0 aromatic rings. The van der Waals surface area contributed by atoms with E-state index in [4.69, 9.17) is 0 Å². The van der Waals surface area contributed by atoms with Crippen molar-refractivity contribution >= 4 is 21.8 Å². The zero-order chi connectivity index (χ0) is 11.5. The molecule has 0 aromatic carbocycles. The summed E-state index contributed by atoms with van der Waals surface area (Å²) in [6.45, 7) is 6.00. The van der Waals surface area contributed by atoms with Gasteiger partial charge < -0.3 is 5.32 Å². The largest absolute Gasteiger partial charge is 0.319 e. The fraction of sp³-hybridized carbons (Fsp3) is 1.00. The summed E-state index contributed by atoms with van der Waals surface area (Å²) in [6.07, 6.45) is 0. The summed E-state index contributed by atoms with van der Waals surface area (Å²) < 4.78 is 25.5. The van der Waals surface area contributed by atoms with E-state index < -0.39 is 10.0 Å². The molecule has 1 aliphatic heterocycles. The van der Waals surface area contributed by atoms with Crippen LogP contribution in [0.1, 0.15) is 13.8 Å². The average Bonchev–Trinajstić information content (AvgIpc) is 2.13. The molecule has 1 N–H and O–H groups in total. The first kappa shape index (κ1) is 13.3. The van der Waals surface area contributed by atoms with Crippen molar-refractivity contribution in [2.45, 2.75) is 24.3 Å². The molecule has 1 heterocycles. The molecule has 2 unspecified atom stereocenters. The van der Waals surface area contributed by atoms with Crippen molar-refractivity contribution in [1.29, 1.82) is 0 Å². The number of nitrogens with zero attached hydrogens (tertiary/aromatic N) is 1. The third-order valence-corrected chi connectivity index (χ3v) is 5.42. The lowest BCUT2D eigenvalue weighted by molar-refractivity contribution is 0.404. The van der Waals surface area contributed by atoms with Crippen LogP contribution < -0.4 is 5.32 Å². The Morgan fingerprint density at radius 3 is 2.33 bits per heavy atom. The lowest BCUT2D eigenvalue weighted by Crippen LogP contribution is -2.45. The van der Waals surface area contributed by atoms with Gasteiger partial charge in [-0.2, -0.15) is 16.1 Å². The van der Waals surface area contributed by atoms with Crippen LogP contribution in [0.2, 0.25) is 0 Å². The van der Waals surface area contributed by atoms with Crippen LogP contribution in [0, 0.1) is 0 Å². The Bertz CT molecular complexity index is 282. The van der Waals surface area contributed by atoms with Gasteiger partial charge in [0.1, 0.15) is 0 Å². The number of thioether (sulfide) groups is 1. The molecule has 0 bridgehead atoms. The van der Waals surface area contributed by atoms with Crippen LogP contribution in [0.25, 0.3) is 0 Å². The molecule has 2 atom stereocenters. The van der Waals surface area contributed by atoms with Crippen molar-refractivity contribution in [3.63, 3.8) is 0 Å². The molecule has 90 valence electrons. The van der Waals surface area contributed by atoms with E-state index in [0.29, 0.717) is 30.1 Å². The smallest absolute Gasteiger partial charge is 0.215 e. The van der Waals surface area contributed by atoms with Crippen LogP contribution in [0.3, 0.4) is 0 Å². The zero-order valence-electron chi connectivity index (χ0n) is 9.56. The van der Waals surface area contributed by atoms with Gasteiger partial charge in [0, 0.05) is 30.1 Å². The van der Waals surface area contributed by atoms with E-state index in [1.165, 1.54) is 0 Å². The number of hydrogen-bond acceptors (Lipinski definition) is 4. The molecule has 0 aliphatic carbocycles. The highest BCUT2D eigenvalue weighted by atomic mass is 32.2. The second-order valence-corrected chi connectivity index (χ2v) is 7.96. The van der Waals surface area contributed by atoms with E-state index in [0.717, 1.165) is 0 Å². The Morgan fingerprint density at radius 1 is 1.33 bits per heavy atom. The molecule has 0 aromatic heterocycles. The van der Waals surface area contributed by atoms with Gasteiger partial charge in [-0.3, -0.25) is 0 Å². The number of sulfonamides is 1. The Hall–Kier alpha value is 0.220. The second-order valence-electron chi connectivity index (χ2n) is 3.99. The summed E-state index contributed by atoms with van der Waals surface area (Å²) >= 11 is 1.86. The maximum atomic E-state index is 11.9. The van der Waals surface area contributed by atoms with Crippen molar-refractivity contribution in [3.05, 3.63) is 0 Å². The number of hydrogen-bond donors (Lipinski definition) is 1. The monoisotopic (exact) mass is 252 g/mol. The van der Waals surface area contributed by atoms with Crippen LogP contribution >= 0.6 is 11.8 Å². The summed E-state index contributed by atoms with van der Waals surface area (Å²) in [7, 11) is -1.28. The maximum absolute atomic E-state index is 11.9. The molecule has 1 rings (SSSR count). The Morgan fingerprint density at radius 2 is 1.87 bits per heavy atom. The Balaban J connectivity index is 2.61. The fourth-order valence-electron chi connectivity index (χ4n) is 1.72. The van der Waals surface area contributed by atoms with Crippen LogP contribution in [-0.4, -0.2) is 55.7 Å². The molecule has 0 saturated carbocycles. The predicted molar refractivity (Wildman–Crippen MR) is 65.8 cm³/mol. The molecule has 0 amide bonds. The minimum absolute atomic E-state index is 0.202. The lowest BCUT2D eigenvalue weighted by Gasteiger charge is -2.33. The Kier molecular flexibility index (Phi) is 4.89. The van der Waals surface area contributed by atoms with Crippen molar-refractivity contribution in [2.24, 2.45) is 0 Å². The van der Waals surface area contributed by atoms with Gasteiger partial charge in [0.25, 0.3) is 0 Å². The van der Waals surface area contributed by atoms with Crippen LogP contribution in [0.5, 0.6) is 0 Å². The molecule has 15 heavy (non-hydrogen) atoms. The van der Waals surface area contributed by atoms with Gasteiger partial charge in [-0.15, -0.1) is 0 Å². The van der Waals surface area contributed by atoms with Crippen molar-refractivity contribution < 1.29 is 8.42 Å². The average molecular weight is 252 g/mol. The van der Waals surface area contributed by atoms with E-state index in [2.05, 4.69) is 19.2 Å². The summed E-state index contributed by atoms with van der Waals surface area (Å²) in [6, 6.07) is 0. The third-order valence-electron chi connectivity index (χ3n) is 2.39. The standard InChI is InChI=1S/C9H20N2O2S2/c1-8-6-11(7-9(2)14-8)15(12,13)5-4-10-3/h8-10H,4-7H2,1-3H3. The van der Waals surface area contributed by atoms with Crippen LogP contribution in [0.15, 0.2) is 0 Å². The summed E-state index contributed by atoms with van der Waals surface area (Å²) in [5.74, 6) is 0.202. The van der Waals surface area contributed by atoms with Gasteiger partial charge in [-0.05, 0) is 7.05 Å². The van der Waals surface area contributed by atoms with Crippen molar-refractivity contribution in [1.82, 2.24) is 9.62 Å². The molecule has 6 heteroatoms. The van der Waals surface area contributed by atoms with E-state index >= 15 is 0 Å². The first-order valence-electron chi connectivity index (χ1n) is 5.23. The lowest BCUT2D eigenvalue weighted by atomic mass is 10.4. The summed E-state index contributed by atoms with van der Waals surface area (Å²) in [5.41, 5.74) is 0. The molecular formula is C9H20N2O2S2. The van der Waals surface area contributed by atoms with Crippen molar-refractivity contribution in [2.75, 3.05) is 32.4 Å². The summed E-state index contributed by atoms with van der Waals surface area (Å²) in [5, 5.41) is 3.68. The van der Waals surface area contributed by atoms with E-state index in [1.54, 1.807) is 11.4 Å². The highest BCUT2D eigenvalue weighted by Crippen LogP contribution is 2.26. The molecule has 4 nitrogen and oxygen atoms in total. The van der Waals surface area contributed by atoms with Crippen LogP contribution in [0.4, 0.5) is 0 Å². The van der Waals surface area contributed by atoms with E-state index in [-0.39, 0.29) is 5.75 Å². The van der Waals surface area contributed by atoms with Crippen LogP contribution in [-0.2, 0) is 10.0 Å². The fourth-order valence-corrected chi connectivity index (χ4v) is 4.85. The van der Waals surface area contributed by atoms with E-state index in [9.17, 15) is 8.42 Å². The van der Waals surface area contributed by atoms with Gasteiger partial charge in [-0.25, -0.2) is 8.42 Å². The molecule has 1 fully saturated rings. The SMILES string of the molecule is CNCCS(=O)(=O)N1CC(C)SC(C)C1. The molecule has 1 saturated heterocycles. The van der Waals surface area contributed by atoms with Gasteiger partial charge in [0.2, 0.25) is 10.0 Å². The third kappa shape index (κ3) is 3.94. The Labute approximate surface area is 96.8 Å². The van der Waals surface area contributed by atoms with E-state index in [1.807, 2.05) is 11.8 Å². The minimum Gasteiger partial charge on any atom is -0.319 e. The predicted octanol–water partition coefficient (Wildman–Crippen LogP) is 0.361. The maximum Gasteiger partial charge on any atom is 0.215 e. The second kappa shape index (κ2) is 5.52. The molecular weight excluding hydrogens is 232 g/mol. The summed E-state index contributed by atoms with van der Waals surface area (Å²) in [4.78, 5) is 0. The van der Waals surface area contributed by atoms with Gasteiger partial charge in [0.15, 0.2) is 0 Å². The van der Waals surface area contributed by atoms with Crippen molar-refractivity contribution in [3.8, 4) is 0 Å². The first-order valence-corrected chi connectivity index (χ1v) is 7.79. The number of rotatable bonds is 4. The zero-order valence-corrected chi connectivity index (χ0v) is 11.2. The molecule has 0 radical (unpaired) electrons. The highest BCUT2D eigenvalue weighted by Gasteiger charge is 2.30. The first-order chi connectivity index (χ1) is 6.95. The van der Waals surface area contributed by atoms with Gasteiger partial charge in [-0.1, -0.05) is 13.8 Å². The van der Waals surface area contributed by atoms with Gasteiger partial charge in [0.05, 0.1) is 5.75 Å². The quantitative estimate of drug-likeness (QED) is 0.785. The highest BCUT2D eigenvalue weighted by molar-refractivity contribution is 8.00. The molecule has 1 aliphatic rings. The topological polar surface area (TPSA) is 49.4 Å². The minimum atomic E-state index is -3.05. The molecule has 0 spiro atoms. The normalized spacial score (nSPS) is 29.3. The number of nitrogens with one attached hydrogen (secondary N) is 1.